The van der Waals surface area contributed by atoms with Gasteiger partial charge in [-0.25, -0.2) is 0 Å². The molecule has 1 aromatic rings. The third-order valence-corrected chi connectivity index (χ3v) is 3.18. The molecule has 0 N–H and O–H groups in total. The normalized spacial score (nSPS) is 16.3. The molecule has 3 heteroatoms. The average molecular weight is 248 g/mol. The molecular formula is C15H20O3. The summed E-state index contributed by atoms with van der Waals surface area (Å²) in [5.41, 5.74) is 0.751. The van der Waals surface area contributed by atoms with Gasteiger partial charge < -0.3 is 9.47 Å². The highest BCUT2D eigenvalue weighted by Gasteiger charge is 2.23. The summed E-state index contributed by atoms with van der Waals surface area (Å²) >= 11 is 0. The quantitative estimate of drug-likeness (QED) is 0.695. The summed E-state index contributed by atoms with van der Waals surface area (Å²) in [5.74, 6) is 1.02. The molecule has 98 valence electrons. The van der Waals surface area contributed by atoms with Gasteiger partial charge in [0.15, 0.2) is 5.78 Å². The molecule has 18 heavy (non-hydrogen) atoms. The van der Waals surface area contributed by atoms with E-state index in [1.807, 2.05) is 31.2 Å². The van der Waals surface area contributed by atoms with Crippen molar-refractivity contribution in [2.24, 2.45) is 0 Å². The number of hydrogen-bond acceptors (Lipinski definition) is 3. The Morgan fingerprint density at radius 1 is 1.33 bits per heavy atom. The third-order valence-electron chi connectivity index (χ3n) is 3.18. The van der Waals surface area contributed by atoms with Crippen molar-refractivity contribution in [1.29, 1.82) is 0 Å². The fourth-order valence-corrected chi connectivity index (χ4v) is 1.69. The van der Waals surface area contributed by atoms with Crippen LogP contribution in [0.3, 0.4) is 0 Å². The molecule has 0 amide bonds. The first-order chi connectivity index (χ1) is 8.69. The number of Topliss-reactive ketones (excluding diaryl/α,β-unsaturated/α-hetero) is 1. The van der Waals surface area contributed by atoms with Gasteiger partial charge in [-0.1, -0.05) is 0 Å². The monoisotopic (exact) mass is 248 g/mol. The first kappa shape index (κ1) is 13.1. The fourth-order valence-electron chi connectivity index (χ4n) is 1.69. The Kier molecular flexibility index (Phi) is 4.37. The van der Waals surface area contributed by atoms with Crippen LogP contribution < -0.4 is 4.74 Å². The number of methoxy groups -OCH3 is 1. The van der Waals surface area contributed by atoms with E-state index in [2.05, 4.69) is 0 Å². The van der Waals surface area contributed by atoms with Gasteiger partial charge in [0.2, 0.25) is 0 Å². The highest BCUT2D eigenvalue weighted by atomic mass is 16.5. The van der Waals surface area contributed by atoms with Crippen LogP contribution in [0.25, 0.3) is 0 Å². The lowest BCUT2D eigenvalue weighted by molar-refractivity contribution is 0.0878. The van der Waals surface area contributed by atoms with Crippen LogP contribution >= 0.6 is 0 Å². The SMILES string of the molecule is COC(C)CCC(=O)c1ccc(OC2CC2)cc1. The second kappa shape index (κ2) is 6.01. The third kappa shape index (κ3) is 3.84. The zero-order chi connectivity index (χ0) is 13.0. The van der Waals surface area contributed by atoms with E-state index in [-0.39, 0.29) is 11.9 Å². The van der Waals surface area contributed by atoms with Crippen molar-refractivity contribution in [2.45, 2.75) is 44.8 Å². The summed E-state index contributed by atoms with van der Waals surface area (Å²) in [7, 11) is 1.67. The molecule has 1 fully saturated rings. The van der Waals surface area contributed by atoms with Crippen LogP contribution in [0.5, 0.6) is 5.75 Å². The predicted molar refractivity (Wildman–Crippen MR) is 70.1 cm³/mol. The van der Waals surface area contributed by atoms with Crippen LogP contribution in [-0.4, -0.2) is 25.1 Å². The Hall–Kier alpha value is -1.35. The van der Waals surface area contributed by atoms with Crippen molar-refractivity contribution in [3.8, 4) is 5.75 Å². The van der Waals surface area contributed by atoms with Crippen LogP contribution in [0.15, 0.2) is 24.3 Å². The van der Waals surface area contributed by atoms with Gasteiger partial charge in [-0.2, -0.15) is 0 Å². The standard InChI is InChI=1S/C15H20O3/c1-11(17-2)3-10-15(16)12-4-6-13(7-5-12)18-14-8-9-14/h4-7,11,14H,3,8-10H2,1-2H3. The van der Waals surface area contributed by atoms with E-state index < -0.39 is 0 Å². The van der Waals surface area contributed by atoms with E-state index in [0.29, 0.717) is 12.5 Å². The van der Waals surface area contributed by atoms with Gasteiger partial charge in [0.1, 0.15) is 5.75 Å². The van der Waals surface area contributed by atoms with Gasteiger partial charge >= 0.3 is 0 Å². The van der Waals surface area contributed by atoms with Gasteiger partial charge in [-0.05, 0) is 50.5 Å². The first-order valence-corrected chi connectivity index (χ1v) is 6.51. The van der Waals surface area contributed by atoms with Gasteiger partial charge in [0.25, 0.3) is 0 Å². The van der Waals surface area contributed by atoms with Gasteiger partial charge in [0.05, 0.1) is 12.2 Å². The summed E-state index contributed by atoms with van der Waals surface area (Å²) < 4.78 is 10.8. The Morgan fingerprint density at radius 2 is 2.00 bits per heavy atom. The smallest absolute Gasteiger partial charge is 0.162 e. The van der Waals surface area contributed by atoms with Crippen LogP contribution in [0.4, 0.5) is 0 Å². The molecule has 1 aliphatic rings. The van der Waals surface area contributed by atoms with Crippen molar-refractivity contribution < 1.29 is 14.3 Å². The van der Waals surface area contributed by atoms with Crippen molar-refractivity contribution in [3.05, 3.63) is 29.8 Å². The van der Waals surface area contributed by atoms with E-state index in [0.717, 1.165) is 30.6 Å². The molecule has 1 aromatic carbocycles. The molecule has 2 rings (SSSR count). The first-order valence-electron chi connectivity index (χ1n) is 6.51. The Balaban J connectivity index is 1.85. The molecule has 1 aliphatic carbocycles. The lowest BCUT2D eigenvalue weighted by atomic mass is 10.0. The molecule has 0 aliphatic heterocycles. The number of carbonyl (C=O) groups is 1. The van der Waals surface area contributed by atoms with E-state index >= 15 is 0 Å². The zero-order valence-electron chi connectivity index (χ0n) is 11.0. The summed E-state index contributed by atoms with van der Waals surface area (Å²) in [5, 5.41) is 0. The summed E-state index contributed by atoms with van der Waals surface area (Å²) in [4.78, 5) is 11.9. The summed E-state index contributed by atoms with van der Waals surface area (Å²) in [6, 6.07) is 7.45. The highest BCUT2D eigenvalue weighted by Crippen LogP contribution is 2.26. The minimum absolute atomic E-state index is 0.131. The highest BCUT2D eigenvalue weighted by molar-refractivity contribution is 5.96. The molecule has 0 saturated heterocycles. The number of rotatable bonds is 7. The number of ether oxygens (including phenoxy) is 2. The molecule has 0 aromatic heterocycles. The molecule has 0 heterocycles. The lowest BCUT2D eigenvalue weighted by Gasteiger charge is -2.08. The van der Waals surface area contributed by atoms with Gasteiger partial charge in [0, 0.05) is 19.1 Å². The minimum atomic E-state index is 0.131. The van der Waals surface area contributed by atoms with E-state index in [1.165, 1.54) is 0 Å². The van der Waals surface area contributed by atoms with Crippen LogP contribution in [0.2, 0.25) is 0 Å². The van der Waals surface area contributed by atoms with Gasteiger partial charge in [-0.15, -0.1) is 0 Å². The van der Waals surface area contributed by atoms with Crippen molar-refractivity contribution in [1.82, 2.24) is 0 Å². The average Bonchev–Trinajstić information content (AvgIpc) is 3.20. The lowest BCUT2D eigenvalue weighted by Crippen LogP contribution is -2.08. The maximum atomic E-state index is 11.9. The second-order valence-electron chi connectivity index (χ2n) is 4.85. The minimum Gasteiger partial charge on any atom is -0.490 e. The maximum Gasteiger partial charge on any atom is 0.162 e. The molecule has 1 unspecified atom stereocenters. The molecule has 1 saturated carbocycles. The Bertz CT molecular complexity index is 393. The van der Waals surface area contributed by atoms with Crippen molar-refractivity contribution in [3.63, 3.8) is 0 Å². The largest absolute Gasteiger partial charge is 0.490 e. The molecular weight excluding hydrogens is 228 g/mol. The molecule has 3 nitrogen and oxygen atoms in total. The fraction of sp³-hybridized carbons (Fsp3) is 0.533. The summed E-state index contributed by atoms with van der Waals surface area (Å²) in [6.45, 7) is 1.97. The maximum absolute atomic E-state index is 11.9. The van der Waals surface area contributed by atoms with E-state index in [4.69, 9.17) is 9.47 Å². The van der Waals surface area contributed by atoms with Gasteiger partial charge in [-0.3, -0.25) is 4.79 Å². The Labute approximate surface area is 108 Å². The van der Waals surface area contributed by atoms with Crippen molar-refractivity contribution >= 4 is 5.78 Å². The molecule has 1 atom stereocenters. The predicted octanol–water partition coefficient (Wildman–Crippen LogP) is 3.23. The van der Waals surface area contributed by atoms with Crippen LogP contribution in [0, 0.1) is 0 Å². The van der Waals surface area contributed by atoms with E-state index in [1.54, 1.807) is 7.11 Å². The van der Waals surface area contributed by atoms with Crippen molar-refractivity contribution in [2.75, 3.05) is 7.11 Å². The van der Waals surface area contributed by atoms with Crippen LogP contribution in [-0.2, 0) is 4.74 Å². The number of ketones is 1. The van der Waals surface area contributed by atoms with Crippen LogP contribution in [0.1, 0.15) is 43.0 Å². The molecule has 0 bridgehead atoms. The molecule has 0 spiro atoms. The van der Waals surface area contributed by atoms with E-state index in [9.17, 15) is 4.79 Å². The topological polar surface area (TPSA) is 35.5 Å². The number of benzene rings is 1. The molecule has 0 radical (unpaired) electrons. The summed E-state index contributed by atoms with van der Waals surface area (Å²) in [6.07, 6.45) is 4.11. The zero-order valence-corrected chi connectivity index (χ0v) is 11.0. The number of hydrogen-bond donors (Lipinski definition) is 0. The number of carbonyl (C=O) groups excluding carboxylic acids is 1. The Morgan fingerprint density at radius 3 is 2.56 bits per heavy atom. The second-order valence-corrected chi connectivity index (χ2v) is 4.85.